The molecular weight excluding hydrogens is 370 g/mol. The van der Waals surface area contributed by atoms with Gasteiger partial charge in [0.05, 0.1) is 5.69 Å². The van der Waals surface area contributed by atoms with Gasteiger partial charge >= 0.3 is 0 Å². The van der Waals surface area contributed by atoms with E-state index >= 15 is 0 Å². The molecule has 1 amide bonds. The Morgan fingerprint density at radius 2 is 1.67 bits per heavy atom. The van der Waals surface area contributed by atoms with Gasteiger partial charge in [-0.05, 0) is 64.9 Å². The van der Waals surface area contributed by atoms with E-state index in [1.54, 1.807) is 6.07 Å². The number of halogens is 1. The van der Waals surface area contributed by atoms with Crippen LogP contribution in [-0.2, 0) is 12.8 Å². The lowest BCUT2D eigenvalue weighted by Gasteiger charge is -2.20. The van der Waals surface area contributed by atoms with Gasteiger partial charge in [-0.25, -0.2) is 0 Å². The number of carbonyl (C=O) groups excluding carboxylic acids is 1. The van der Waals surface area contributed by atoms with E-state index in [1.807, 2.05) is 18.2 Å². The van der Waals surface area contributed by atoms with Crippen molar-refractivity contribution in [1.29, 1.82) is 0 Å². The van der Waals surface area contributed by atoms with Gasteiger partial charge in [0.15, 0.2) is 11.5 Å². The van der Waals surface area contributed by atoms with E-state index in [0.29, 0.717) is 36.0 Å². The van der Waals surface area contributed by atoms with Crippen molar-refractivity contribution in [3.63, 3.8) is 0 Å². The minimum Gasteiger partial charge on any atom is -0.486 e. The molecule has 1 heterocycles. The lowest BCUT2D eigenvalue weighted by atomic mass is 9.90. The Labute approximate surface area is 149 Å². The lowest BCUT2D eigenvalue weighted by molar-refractivity contribution is 0.102. The quantitative estimate of drug-likeness (QED) is 0.832. The molecule has 1 aliphatic carbocycles. The van der Waals surface area contributed by atoms with Gasteiger partial charge in [-0.15, -0.1) is 0 Å². The monoisotopic (exact) mass is 387 g/mol. The van der Waals surface area contributed by atoms with Gasteiger partial charge in [-0.1, -0.05) is 6.07 Å². The molecule has 4 nitrogen and oxygen atoms in total. The maximum Gasteiger partial charge on any atom is 0.255 e. The number of rotatable bonds is 2. The van der Waals surface area contributed by atoms with Gasteiger partial charge in [0.1, 0.15) is 13.2 Å². The van der Waals surface area contributed by atoms with E-state index in [9.17, 15) is 4.79 Å². The third kappa shape index (κ3) is 3.00. The van der Waals surface area contributed by atoms with Crippen molar-refractivity contribution in [3.8, 4) is 11.5 Å². The summed E-state index contributed by atoms with van der Waals surface area (Å²) in [5.41, 5.74) is 4.05. The summed E-state index contributed by atoms with van der Waals surface area (Å²) in [5.74, 6) is 1.24. The van der Waals surface area contributed by atoms with Crippen LogP contribution in [0.3, 0.4) is 0 Å². The number of anilines is 1. The van der Waals surface area contributed by atoms with E-state index in [0.717, 1.165) is 17.3 Å². The predicted molar refractivity (Wildman–Crippen MR) is 96.2 cm³/mol. The molecule has 124 valence electrons. The number of hydrogen-bond acceptors (Lipinski definition) is 3. The van der Waals surface area contributed by atoms with Gasteiger partial charge in [0.2, 0.25) is 0 Å². The first-order valence-corrected chi connectivity index (χ1v) is 9.02. The molecule has 2 aliphatic rings. The minimum absolute atomic E-state index is 0.110. The lowest BCUT2D eigenvalue weighted by Crippen LogP contribution is -2.17. The van der Waals surface area contributed by atoms with Crippen LogP contribution in [0.2, 0.25) is 0 Å². The molecule has 0 radical (unpaired) electrons. The third-order valence-corrected chi connectivity index (χ3v) is 5.15. The molecule has 2 aromatic rings. The summed E-state index contributed by atoms with van der Waals surface area (Å²) in [7, 11) is 0. The van der Waals surface area contributed by atoms with Crippen LogP contribution in [0, 0.1) is 0 Å². The van der Waals surface area contributed by atoms with Crippen LogP contribution >= 0.6 is 15.9 Å². The topological polar surface area (TPSA) is 47.6 Å². The Bertz CT molecular complexity index is 803. The van der Waals surface area contributed by atoms with E-state index in [2.05, 4.69) is 27.3 Å². The molecule has 0 unspecified atom stereocenters. The highest BCUT2D eigenvalue weighted by atomic mass is 79.9. The second-order valence-electron chi connectivity index (χ2n) is 6.12. The molecule has 0 fully saturated rings. The van der Waals surface area contributed by atoms with E-state index < -0.39 is 0 Å². The van der Waals surface area contributed by atoms with Crippen LogP contribution in [0.4, 0.5) is 5.69 Å². The fourth-order valence-electron chi connectivity index (χ4n) is 3.23. The van der Waals surface area contributed by atoms with E-state index in [1.165, 1.54) is 24.0 Å². The number of nitrogens with one attached hydrogen (secondary N) is 1. The summed E-state index contributed by atoms with van der Waals surface area (Å²) in [5, 5.41) is 2.96. The SMILES string of the molecule is O=C(Nc1cc2c(cc1Br)OCCO2)c1ccc2c(c1)CCCC2. The second-order valence-corrected chi connectivity index (χ2v) is 6.97. The molecule has 1 N–H and O–H groups in total. The molecule has 0 atom stereocenters. The molecule has 2 aromatic carbocycles. The molecule has 0 bridgehead atoms. The predicted octanol–water partition coefficient (Wildman–Crippen LogP) is 4.35. The van der Waals surface area contributed by atoms with Crippen molar-refractivity contribution < 1.29 is 14.3 Å². The standard InChI is InChI=1S/C19H18BrNO3/c20-15-10-17-18(24-8-7-23-17)11-16(15)21-19(22)14-6-5-12-3-1-2-4-13(12)9-14/h5-6,9-11H,1-4,7-8H2,(H,21,22). The highest BCUT2D eigenvalue weighted by Gasteiger charge is 2.18. The van der Waals surface area contributed by atoms with Crippen LogP contribution in [0.1, 0.15) is 34.3 Å². The van der Waals surface area contributed by atoms with Gasteiger partial charge in [-0.3, -0.25) is 4.79 Å². The molecule has 4 rings (SSSR count). The van der Waals surface area contributed by atoms with Crippen molar-refractivity contribution >= 4 is 27.5 Å². The molecule has 0 saturated heterocycles. The first-order chi connectivity index (χ1) is 11.7. The molecule has 5 heteroatoms. The normalized spacial score (nSPS) is 15.5. The minimum atomic E-state index is -0.110. The largest absolute Gasteiger partial charge is 0.486 e. The maximum absolute atomic E-state index is 12.6. The number of hydrogen-bond donors (Lipinski definition) is 1. The Hall–Kier alpha value is -2.01. The number of amides is 1. The summed E-state index contributed by atoms with van der Waals surface area (Å²) < 4.78 is 11.9. The molecule has 1 aliphatic heterocycles. The van der Waals surface area contributed by atoms with Crippen LogP contribution in [0.15, 0.2) is 34.8 Å². The maximum atomic E-state index is 12.6. The fourth-order valence-corrected chi connectivity index (χ4v) is 3.65. The smallest absolute Gasteiger partial charge is 0.255 e. The van der Waals surface area contributed by atoms with E-state index in [-0.39, 0.29) is 5.91 Å². The average Bonchev–Trinajstić information content (AvgIpc) is 2.62. The highest BCUT2D eigenvalue weighted by Crippen LogP contribution is 2.38. The summed E-state index contributed by atoms with van der Waals surface area (Å²) in [4.78, 5) is 12.6. The van der Waals surface area contributed by atoms with Crippen molar-refractivity contribution in [1.82, 2.24) is 0 Å². The zero-order valence-electron chi connectivity index (χ0n) is 13.2. The highest BCUT2D eigenvalue weighted by molar-refractivity contribution is 9.10. The summed E-state index contributed by atoms with van der Waals surface area (Å²) in [6, 6.07) is 9.65. The summed E-state index contributed by atoms with van der Waals surface area (Å²) in [6.45, 7) is 1.06. The van der Waals surface area contributed by atoms with Crippen molar-refractivity contribution in [2.24, 2.45) is 0 Å². The molecule has 24 heavy (non-hydrogen) atoms. The van der Waals surface area contributed by atoms with Crippen LogP contribution < -0.4 is 14.8 Å². The first-order valence-electron chi connectivity index (χ1n) is 8.23. The number of benzene rings is 2. The van der Waals surface area contributed by atoms with Gasteiger partial charge in [-0.2, -0.15) is 0 Å². The molecule has 0 spiro atoms. The second kappa shape index (κ2) is 6.48. The Morgan fingerprint density at radius 1 is 0.958 bits per heavy atom. The van der Waals surface area contributed by atoms with Crippen molar-refractivity contribution in [3.05, 3.63) is 51.5 Å². The number of fused-ring (bicyclic) bond motifs is 2. The number of aryl methyl sites for hydroxylation is 2. The fraction of sp³-hybridized carbons (Fsp3) is 0.316. The van der Waals surface area contributed by atoms with Crippen LogP contribution in [-0.4, -0.2) is 19.1 Å². The van der Waals surface area contributed by atoms with Crippen LogP contribution in [0.25, 0.3) is 0 Å². The Balaban J connectivity index is 1.58. The Morgan fingerprint density at radius 3 is 2.46 bits per heavy atom. The third-order valence-electron chi connectivity index (χ3n) is 4.49. The number of ether oxygens (including phenoxy) is 2. The zero-order valence-corrected chi connectivity index (χ0v) is 14.8. The van der Waals surface area contributed by atoms with Crippen molar-refractivity contribution in [2.45, 2.75) is 25.7 Å². The number of carbonyl (C=O) groups is 1. The summed E-state index contributed by atoms with van der Waals surface area (Å²) in [6.07, 6.45) is 4.61. The van der Waals surface area contributed by atoms with Gasteiger partial charge < -0.3 is 14.8 Å². The van der Waals surface area contributed by atoms with Gasteiger partial charge in [0, 0.05) is 22.2 Å². The first kappa shape index (κ1) is 15.5. The zero-order chi connectivity index (χ0) is 16.5. The molecule has 0 saturated carbocycles. The van der Waals surface area contributed by atoms with Crippen LogP contribution in [0.5, 0.6) is 11.5 Å². The molecular formula is C19H18BrNO3. The van der Waals surface area contributed by atoms with E-state index in [4.69, 9.17) is 9.47 Å². The summed E-state index contributed by atoms with van der Waals surface area (Å²) >= 11 is 3.49. The van der Waals surface area contributed by atoms with Gasteiger partial charge in [0.25, 0.3) is 5.91 Å². The Kier molecular flexibility index (Phi) is 4.19. The molecule has 0 aromatic heterocycles. The van der Waals surface area contributed by atoms with Crippen molar-refractivity contribution in [2.75, 3.05) is 18.5 Å². The average molecular weight is 388 g/mol.